The van der Waals surface area contributed by atoms with Gasteiger partial charge < -0.3 is 14.7 Å². The molecule has 0 amide bonds. The van der Waals surface area contributed by atoms with Crippen molar-refractivity contribution in [1.29, 1.82) is 0 Å². The summed E-state index contributed by atoms with van der Waals surface area (Å²) < 4.78 is 5.38. The Labute approximate surface area is 151 Å². The van der Waals surface area contributed by atoms with Gasteiger partial charge >= 0.3 is 0 Å². The Bertz CT molecular complexity index is 919. The van der Waals surface area contributed by atoms with E-state index < -0.39 is 6.10 Å². The van der Waals surface area contributed by atoms with Crippen molar-refractivity contribution in [1.82, 2.24) is 15.0 Å². The predicted molar refractivity (Wildman–Crippen MR) is 98.9 cm³/mol. The molecule has 3 aromatic rings. The summed E-state index contributed by atoms with van der Waals surface area (Å²) >= 11 is 0. The molecule has 1 aromatic carbocycles. The van der Waals surface area contributed by atoms with Gasteiger partial charge in [0.2, 0.25) is 0 Å². The Morgan fingerprint density at radius 1 is 1.00 bits per heavy atom. The minimum Gasteiger partial charge on any atom is -0.382 e. The van der Waals surface area contributed by atoms with Gasteiger partial charge in [0, 0.05) is 32.7 Å². The average molecular weight is 349 g/mol. The summed E-state index contributed by atoms with van der Waals surface area (Å²) in [5.41, 5.74) is 3.22. The van der Waals surface area contributed by atoms with Crippen LogP contribution in [0.25, 0.3) is 0 Å². The molecule has 0 radical (unpaired) electrons. The highest BCUT2D eigenvalue weighted by Gasteiger charge is 2.29. The Morgan fingerprint density at radius 2 is 1.81 bits per heavy atom. The Hall–Kier alpha value is -3.03. The molecular formula is C19H19N5O2. The van der Waals surface area contributed by atoms with Crippen LogP contribution in [-0.4, -0.2) is 40.9 Å². The van der Waals surface area contributed by atoms with Gasteiger partial charge in [-0.1, -0.05) is 12.1 Å². The number of ether oxygens (including phenoxy) is 1. The number of nitrogens with zero attached hydrogens (tertiary/aromatic N) is 5. The van der Waals surface area contributed by atoms with Crippen molar-refractivity contribution in [2.75, 3.05) is 30.7 Å². The van der Waals surface area contributed by atoms with Gasteiger partial charge in [-0.25, -0.2) is 9.97 Å². The third-order valence-electron chi connectivity index (χ3n) is 4.43. The number of anilines is 4. The van der Waals surface area contributed by atoms with Crippen LogP contribution in [0.15, 0.2) is 55.0 Å². The zero-order chi connectivity index (χ0) is 18.1. The first kappa shape index (κ1) is 16.4. The maximum absolute atomic E-state index is 10.7. The van der Waals surface area contributed by atoms with Crippen molar-refractivity contribution in [2.45, 2.75) is 6.10 Å². The Morgan fingerprint density at radius 3 is 2.54 bits per heavy atom. The second-order valence-corrected chi connectivity index (χ2v) is 6.01. The number of hydrogen-bond acceptors (Lipinski definition) is 7. The number of aliphatic hydroxyl groups excluding tert-OH is 1. The van der Waals surface area contributed by atoms with Crippen LogP contribution in [0.2, 0.25) is 0 Å². The van der Waals surface area contributed by atoms with Crippen molar-refractivity contribution in [3.05, 3.63) is 66.2 Å². The fraction of sp³-hybridized carbons (Fsp3) is 0.211. The van der Waals surface area contributed by atoms with Crippen LogP contribution in [0.1, 0.15) is 17.4 Å². The van der Waals surface area contributed by atoms with Gasteiger partial charge in [-0.05, 0) is 29.8 Å². The van der Waals surface area contributed by atoms with Gasteiger partial charge in [0.15, 0.2) is 11.6 Å². The van der Waals surface area contributed by atoms with Crippen LogP contribution in [0, 0.1) is 0 Å². The number of benzene rings is 1. The van der Waals surface area contributed by atoms with Crippen molar-refractivity contribution in [3.8, 4) is 0 Å². The first-order valence-electron chi connectivity index (χ1n) is 8.25. The van der Waals surface area contributed by atoms with E-state index in [1.807, 2.05) is 53.2 Å². The standard InChI is InChI=1S/C19H19N5O2/c1-23-15-7-6-13(17(25)14-5-3-4-8-20-14)11-16(15)24(12-26-2)19-18(23)21-9-10-22-19/h3-11,17,25H,12H2,1-2H3. The lowest BCUT2D eigenvalue weighted by atomic mass is 10.0. The maximum Gasteiger partial charge on any atom is 0.178 e. The predicted octanol–water partition coefficient (Wildman–Crippen LogP) is 2.78. The summed E-state index contributed by atoms with van der Waals surface area (Å²) in [5, 5.41) is 10.7. The number of methoxy groups -OCH3 is 1. The molecule has 0 saturated carbocycles. The monoisotopic (exact) mass is 349 g/mol. The van der Waals surface area contributed by atoms with Crippen LogP contribution in [-0.2, 0) is 4.74 Å². The molecule has 1 aliphatic heterocycles. The minimum atomic E-state index is -0.806. The van der Waals surface area contributed by atoms with Crippen LogP contribution in [0.5, 0.6) is 0 Å². The summed E-state index contributed by atoms with van der Waals surface area (Å²) in [6.45, 7) is 0.329. The second kappa shape index (κ2) is 6.70. The maximum atomic E-state index is 10.7. The molecule has 4 rings (SSSR count). The van der Waals surface area contributed by atoms with E-state index >= 15 is 0 Å². The Balaban J connectivity index is 1.81. The fourth-order valence-corrected chi connectivity index (χ4v) is 3.16. The first-order chi connectivity index (χ1) is 12.7. The van der Waals surface area contributed by atoms with Gasteiger partial charge in [0.25, 0.3) is 0 Å². The van der Waals surface area contributed by atoms with E-state index in [1.165, 1.54) is 0 Å². The molecule has 7 nitrogen and oxygen atoms in total. The number of aliphatic hydroxyl groups is 1. The molecule has 2 aromatic heterocycles. The third kappa shape index (κ3) is 2.67. The minimum absolute atomic E-state index is 0.329. The van der Waals surface area contributed by atoms with Crippen molar-refractivity contribution in [2.24, 2.45) is 0 Å². The topological polar surface area (TPSA) is 74.6 Å². The van der Waals surface area contributed by atoms with Crippen LogP contribution < -0.4 is 9.80 Å². The van der Waals surface area contributed by atoms with Crippen molar-refractivity contribution in [3.63, 3.8) is 0 Å². The fourth-order valence-electron chi connectivity index (χ4n) is 3.16. The summed E-state index contributed by atoms with van der Waals surface area (Å²) in [6.07, 6.45) is 4.20. The normalized spacial score (nSPS) is 14.0. The van der Waals surface area contributed by atoms with Crippen LogP contribution in [0.4, 0.5) is 23.0 Å². The van der Waals surface area contributed by atoms with E-state index in [-0.39, 0.29) is 0 Å². The molecule has 0 aliphatic carbocycles. The van der Waals surface area contributed by atoms with Crippen LogP contribution >= 0.6 is 0 Å². The lowest BCUT2D eigenvalue weighted by Crippen LogP contribution is -2.30. The molecule has 1 aliphatic rings. The van der Waals surface area contributed by atoms with E-state index in [1.54, 1.807) is 25.7 Å². The number of hydrogen-bond donors (Lipinski definition) is 1. The number of fused-ring (bicyclic) bond motifs is 2. The quantitative estimate of drug-likeness (QED) is 0.776. The number of aromatic nitrogens is 3. The first-order valence-corrected chi connectivity index (χ1v) is 8.25. The summed E-state index contributed by atoms with van der Waals surface area (Å²) in [6, 6.07) is 11.3. The lowest BCUT2D eigenvalue weighted by Gasteiger charge is -2.36. The summed E-state index contributed by atoms with van der Waals surface area (Å²) in [4.78, 5) is 17.1. The average Bonchev–Trinajstić information content (AvgIpc) is 2.71. The van der Waals surface area contributed by atoms with Crippen molar-refractivity contribution < 1.29 is 9.84 Å². The molecule has 3 heterocycles. The zero-order valence-corrected chi connectivity index (χ0v) is 14.6. The SMILES string of the molecule is COCN1c2cc(C(O)c3ccccn3)ccc2N(C)c2nccnc21. The summed E-state index contributed by atoms with van der Waals surface area (Å²) in [5.74, 6) is 1.48. The van der Waals surface area contributed by atoms with Crippen LogP contribution in [0.3, 0.4) is 0 Å². The molecule has 0 saturated heterocycles. The highest BCUT2D eigenvalue weighted by Crippen LogP contribution is 2.45. The zero-order valence-electron chi connectivity index (χ0n) is 14.6. The molecule has 7 heteroatoms. The smallest absolute Gasteiger partial charge is 0.178 e. The van der Waals surface area contributed by atoms with E-state index in [0.29, 0.717) is 18.2 Å². The Kier molecular flexibility index (Phi) is 4.24. The van der Waals surface area contributed by atoms with Gasteiger partial charge in [-0.3, -0.25) is 9.88 Å². The molecular weight excluding hydrogens is 330 g/mol. The molecule has 1 unspecified atom stereocenters. The van der Waals surface area contributed by atoms with Gasteiger partial charge in [-0.2, -0.15) is 0 Å². The molecule has 0 fully saturated rings. The molecule has 26 heavy (non-hydrogen) atoms. The van der Waals surface area contributed by atoms with E-state index in [0.717, 1.165) is 22.8 Å². The van der Waals surface area contributed by atoms with E-state index in [9.17, 15) is 5.11 Å². The van der Waals surface area contributed by atoms with Gasteiger partial charge in [0.05, 0.1) is 17.1 Å². The molecule has 0 bridgehead atoms. The highest BCUT2D eigenvalue weighted by atomic mass is 16.5. The van der Waals surface area contributed by atoms with Gasteiger partial charge in [0.1, 0.15) is 12.8 Å². The van der Waals surface area contributed by atoms with E-state index in [4.69, 9.17) is 4.74 Å². The molecule has 1 atom stereocenters. The third-order valence-corrected chi connectivity index (χ3v) is 4.43. The number of pyridine rings is 1. The molecule has 132 valence electrons. The summed E-state index contributed by atoms with van der Waals surface area (Å²) in [7, 11) is 3.59. The molecule has 0 spiro atoms. The van der Waals surface area contributed by atoms with E-state index in [2.05, 4.69) is 15.0 Å². The number of rotatable bonds is 4. The highest BCUT2D eigenvalue weighted by molar-refractivity contribution is 5.89. The largest absolute Gasteiger partial charge is 0.382 e. The lowest BCUT2D eigenvalue weighted by molar-refractivity contribution is 0.205. The van der Waals surface area contributed by atoms with Crippen molar-refractivity contribution >= 4 is 23.0 Å². The second-order valence-electron chi connectivity index (χ2n) is 6.01. The molecule has 1 N–H and O–H groups in total. The van der Waals surface area contributed by atoms with Gasteiger partial charge in [-0.15, -0.1) is 0 Å².